The molecule has 2 amide bonds. The van der Waals surface area contributed by atoms with Crippen molar-refractivity contribution in [3.05, 3.63) is 108 Å². The molecule has 0 bridgehead atoms. The number of nitrogens with zero attached hydrogens (tertiary/aromatic N) is 1. The summed E-state index contributed by atoms with van der Waals surface area (Å²) >= 11 is 1.40. The van der Waals surface area contributed by atoms with Crippen LogP contribution in [0.1, 0.15) is 22.1 Å². The van der Waals surface area contributed by atoms with Gasteiger partial charge in [-0.1, -0.05) is 91.0 Å². The van der Waals surface area contributed by atoms with Gasteiger partial charge in [-0.2, -0.15) is 0 Å². The van der Waals surface area contributed by atoms with Gasteiger partial charge in [-0.25, -0.2) is 9.59 Å². The second kappa shape index (κ2) is 11.6. The van der Waals surface area contributed by atoms with Crippen molar-refractivity contribution < 1.29 is 24.2 Å². The molecule has 7 nitrogen and oxygen atoms in total. The number of carbonyl (C=O) groups is 3. The van der Waals surface area contributed by atoms with Crippen LogP contribution in [0.2, 0.25) is 0 Å². The summed E-state index contributed by atoms with van der Waals surface area (Å²) in [7, 11) is 0. The van der Waals surface area contributed by atoms with Crippen LogP contribution in [0, 0.1) is 0 Å². The molecule has 0 aliphatic carbocycles. The third kappa shape index (κ3) is 6.22. The zero-order chi connectivity index (χ0) is 24.6. The van der Waals surface area contributed by atoms with Crippen molar-refractivity contribution >= 4 is 29.7 Å². The van der Waals surface area contributed by atoms with Gasteiger partial charge in [0.2, 0.25) is 5.91 Å². The highest BCUT2D eigenvalue weighted by atomic mass is 32.2. The summed E-state index contributed by atoms with van der Waals surface area (Å²) in [6, 6.07) is 25.8. The van der Waals surface area contributed by atoms with Gasteiger partial charge in [-0.3, -0.25) is 4.79 Å². The van der Waals surface area contributed by atoms with Crippen LogP contribution in [-0.4, -0.2) is 45.8 Å². The summed E-state index contributed by atoms with van der Waals surface area (Å²) in [6.07, 6.45) is -0.534. The third-order valence-electron chi connectivity index (χ3n) is 5.71. The highest BCUT2D eigenvalue weighted by Crippen LogP contribution is 2.41. The van der Waals surface area contributed by atoms with E-state index in [2.05, 4.69) is 5.32 Å². The van der Waals surface area contributed by atoms with Crippen molar-refractivity contribution in [3.63, 3.8) is 0 Å². The minimum absolute atomic E-state index is 0.0584. The van der Waals surface area contributed by atoms with E-state index in [1.807, 2.05) is 91.0 Å². The Kier molecular flexibility index (Phi) is 8.05. The quantitative estimate of drug-likeness (QED) is 0.490. The second-order valence-corrected chi connectivity index (χ2v) is 9.26. The molecule has 2 N–H and O–H groups in total. The first kappa shape index (κ1) is 24.3. The number of alkyl carbamates (subject to hydrolysis) is 1. The maximum atomic E-state index is 13.8. The number of benzene rings is 3. The second-order valence-electron chi connectivity index (χ2n) is 8.14. The molecule has 1 aliphatic rings. The molecular formula is C27H26N2O5S. The van der Waals surface area contributed by atoms with Gasteiger partial charge in [0.15, 0.2) is 0 Å². The first-order valence-corrected chi connectivity index (χ1v) is 12.3. The van der Waals surface area contributed by atoms with Crippen LogP contribution in [0.3, 0.4) is 0 Å². The van der Waals surface area contributed by atoms with E-state index in [0.29, 0.717) is 0 Å². The van der Waals surface area contributed by atoms with Gasteiger partial charge in [0, 0.05) is 12.2 Å². The summed E-state index contributed by atoms with van der Waals surface area (Å²) in [6.45, 7) is 0.0584. The lowest BCUT2D eigenvalue weighted by atomic mass is 10.0. The Morgan fingerprint density at radius 2 is 1.49 bits per heavy atom. The summed E-state index contributed by atoms with van der Waals surface area (Å²) in [5, 5.41) is 12.1. The largest absolute Gasteiger partial charge is 0.480 e. The van der Waals surface area contributed by atoms with Crippen molar-refractivity contribution in [1.29, 1.82) is 0 Å². The van der Waals surface area contributed by atoms with E-state index >= 15 is 0 Å². The monoisotopic (exact) mass is 490 g/mol. The molecule has 1 unspecified atom stereocenters. The van der Waals surface area contributed by atoms with Crippen molar-refractivity contribution in [1.82, 2.24) is 10.2 Å². The smallest absolute Gasteiger partial charge is 0.408 e. The molecule has 3 aromatic carbocycles. The zero-order valence-corrected chi connectivity index (χ0v) is 19.8. The average molecular weight is 491 g/mol. The number of amides is 2. The third-order valence-corrected chi connectivity index (χ3v) is 7.03. The Labute approximate surface area is 208 Å². The van der Waals surface area contributed by atoms with Crippen LogP contribution in [-0.2, 0) is 27.4 Å². The predicted octanol–water partition coefficient (Wildman–Crippen LogP) is 4.25. The van der Waals surface area contributed by atoms with E-state index in [1.165, 1.54) is 16.7 Å². The molecule has 1 fully saturated rings. The van der Waals surface area contributed by atoms with Crippen molar-refractivity contribution in [2.75, 3.05) is 5.75 Å². The van der Waals surface area contributed by atoms with E-state index < -0.39 is 35.4 Å². The molecule has 0 saturated carbocycles. The van der Waals surface area contributed by atoms with E-state index in [1.54, 1.807) is 0 Å². The van der Waals surface area contributed by atoms with Gasteiger partial charge < -0.3 is 20.1 Å². The number of carboxylic acids is 1. The van der Waals surface area contributed by atoms with Gasteiger partial charge in [-0.15, -0.1) is 11.8 Å². The lowest BCUT2D eigenvalue weighted by Crippen LogP contribution is -2.53. The standard InChI is InChI=1S/C27H26N2O5S/c30-24(29-23(26(31)32)18-35-25(29)21-14-8-3-9-15-21)22(16-19-10-4-1-5-11-19)28-27(33)34-17-20-12-6-2-7-13-20/h1-15,22-23,25H,16-18H2,(H,28,33)(H,31,32)/t22-,23-,25?/m0/s1. The number of thioether (sulfide) groups is 1. The van der Waals surface area contributed by atoms with Gasteiger partial charge in [0.1, 0.15) is 24.1 Å². The number of hydrogen-bond acceptors (Lipinski definition) is 5. The summed E-state index contributed by atoms with van der Waals surface area (Å²) in [5.74, 6) is -1.27. The molecule has 3 aromatic rings. The first-order valence-electron chi connectivity index (χ1n) is 11.3. The average Bonchev–Trinajstić information content (AvgIpc) is 3.34. The van der Waals surface area contributed by atoms with Crippen LogP contribution in [0.5, 0.6) is 0 Å². The fourth-order valence-electron chi connectivity index (χ4n) is 3.98. The molecule has 4 rings (SSSR count). The van der Waals surface area contributed by atoms with Gasteiger partial charge in [0.25, 0.3) is 0 Å². The minimum atomic E-state index is -1.07. The maximum absolute atomic E-state index is 13.8. The summed E-state index contributed by atoms with van der Waals surface area (Å²) in [5.41, 5.74) is 2.49. The lowest BCUT2D eigenvalue weighted by molar-refractivity contribution is -0.150. The molecule has 0 radical (unpaired) electrons. The number of hydrogen-bond donors (Lipinski definition) is 2. The van der Waals surface area contributed by atoms with Crippen molar-refractivity contribution in [2.24, 2.45) is 0 Å². The molecular weight excluding hydrogens is 464 g/mol. The fourth-order valence-corrected chi connectivity index (χ4v) is 5.41. The molecule has 1 saturated heterocycles. The molecule has 35 heavy (non-hydrogen) atoms. The molecule has 0 spiro atoms. The first-order chi connectivity index (χ1) is 17.0. The molecule has 0 aromatic heterocycles. The highest BCUT2D eigenvalue weighted by Gasteiger charge is 2.44. The minimum Gasteiger partial charge on any atom is -0.480 e. The SMILES string of the molecule is O=C(N[C@@H](Cc1ccccc1)C(=O)N1C(c2ccccc2)SC[C@H]1C(=O)O)OCc1ccccc1. The number of aliphatic carboxylic acids is 1. The number of carbonyl (C=O) groups excluding carboxylic acids is 2. The van der Waals surface area contributed by atoms with E-state index in [4.69, 9.17) is 4.74 Å². The maximum Gasteiger partial charge on any atom is 0.408 e. The highest BCUT2D eigenvalue weighted by molar-refractivity contribution is 7.99. The van der Waals surface area contributed by atoms with Crippen LogP contribution in [0.15, 0.2) is 91.0 Å². The Morgan fingerprint density at radius 3 is 2.09 bits per heavy atom. The van der Waals surface area contributed by atoms with Crippen molar-refractivity contribution in [2.45, 2.75) is 30.5 Å². The van der Waals surface area contributed by atoms with Gasteiger partial charge in [0.05, 0.1) is 0 Å². The summed E-state index contributed by atoms with van der Waals surface area (Å²) < 4.78 is 5.35. The number of ether oxygens (including phenoxy) is 1. The summed E-state index contributed by atoms with van der Waals surface area (Å²) in [4.78, 5) is 39.9. The van der Waals surface area contributed by atoms with E-state index in [0.717, 1.165) is 16.7 Å². The van der Waals surface area contributed by atoms with Crippen LogP contribution in [0.4, 0.5) is 4.79 Å². The Balaban J connectivity index is 1.57. The number of nitrogens with one attached hydrogen (secondary N) is 1. The van der Waals surface area contributed by atoms with Crippen LogP contribution in [0.25, 0.3) is 0 Å². The van der Waals surface area contributed by atoms with Gasteiger partial charge in [-0.05, 0) is 16.7 Å². The topological polar surface area (TPSA) is 95.9 Å². The Hall–Kier alpha value is -3.78. The van der Waals surface area contributed by atoms with E-state index in [-0.39, 0.29) is 18.8 Å². The van der Waals surface area contributed by atoms with Gasteiger partial charge >= 0.3 is 12.1 Å². The molecule has 3 atom stereocenters. The van der Waals surface area contributed by atoms with Crippen molar-refractivity contribution in [3.8, 4) is 0 Å². The molecule has 1 aliphatic heterocycles. The predicted molar refractivity (Wildman–Crippen MR) is 134 cm³/mol. The number of carboxylic acid groups (broad SMARTS) is 1. The molecule has 180 valence electrons. The lowest BCUT2D eigenvalue weighted by Gasteiger charge is -2.31. The zero-order valence-electron chi connectivity index (χ0n) is 18.9. The van der Waals surface area contributed by atoms with E-state index in [9.17, 15) is 19.5 Å². The normalized spacial score (nSPS) is 18.0. The Morgan fingerprint density at radius 1 is 0.914 bits per heavy atom. The fraction of sp³-hybridized carbons (Fsp3) is 0.222. The van der Waals surface area contributed by atoms with Crippen LogP contribution >= 0.6 is 11.8 Å². The Bertz CT molecular complexity index is 1140. The molecule has 1 heterocycles. The molecule has 8 heteroatoms. The number of rotatable bonds is 8. The van der Waals surface area contributed by atoms with Crippen LogP contribution < -0.4 is 5.32 Å².